The molecule has 2 aromatic rings. The Hall–Kier alpha value is -1.82. The highest BCUT2D eigenvalue weighted by Crippen LogP contribution is 2.18. The number of amides is 1. The molecule has 1 aliphatic rings. The first kappa shape index (κ1) is 19.9. The van der Waals surface area contributed by atoms with Gasteiger partial charge in [-0.2, -0.15) is 9.41 Å². The lowest BCUT2D eigenvalue weighted by molar-refractivity contribution is 0.0730. The lowest BCUT2D eigenvalue weighted by Gasteiger charge is -2.26. The predicted octanol–water partition coefficient (Wildman–Crippen LogP) is 2.08. The summed E-state index contributed by atoms with van der Waals surface area (Å²) in [6.07, 6.45) is 1.55. The van der Waals surface area contributed by atoms with Crippen molar-refractivity contribution in [2.45, 2.75) is 4.90 Å². The van der Waals surface area contributed by atoms with Crippen molar-refractivity contribution in [3.63, 3.8) is 0 Å². The van der Waals surface area contributed by atoms with Crippen LogP contribution in [0, 0.1) is 3.57 Å². The molecule has 1 aliphatic heterocycles. The van der Waals surface area contributed by atoms with Crippen LogP contribution in [0.2, 0.25) is 0 Å². The Bertz CT molecular complexity index is 957. The lowest BCUT2D eigenvalue weighted by atomic mass is 10.2. The van der Waals surface area contributed by atoms with Crippen LogP contribution in [0.3, 0.4) is 0 Å². The molecule has 1 N–H and O–H groups in total. The number of sulfonamides is 1. The van der Waals surface area contributed by atoms with E-state index in [-0.39, 0.29) is 10.5 Å². The van der Waals surface area contributed by atoms with Crippen molar-refractivity contribution >= 4 is 44.7 Å². The standard InChI is InChI=1S/C18H18IN3O4S/c19-17-7-2-1-4-15(17)13-20-21-18(23)14-5-3-6-16(12-14)27(24,25)22-8-10-26-11-9-22/h1-7,12-13H,8-11H2,(H,21,23)/b20-13-. The molecule has 27 heavy (non-hydrogen) atoms. The van der Waals surface area contributed by atoms with Crippen molar-refractivity contribution in [2.24, 2.45) is 5.10 Å². The van der Waals surface area contributed by atoms with Gasteiger partial charge in [0.1, 0.15) is 0 Å². The molecule has 3 rings (SSSR count). The van der Waals surface area contributed by atoms with E-state index in [0.29, 0.717) is 26.3 Å². The Balaban J connectivity index is 1.73. The highest BCUT2D eigenvalue weighted by atomic mass is 127. The largest absolute Gasteiger partial charge is 0.379 e. The van der Waals surface area contributed by atoms with Gasteiger partial charge in [0.2, 0.25) is 10.0 Å². The lowest BCUT2D eigenvalue weighted by Crippen LogP contribution is -2.40. The molecule has 0 radical (unpaired) electrons. The summed E-state index contributed by atoms with van der Waals surface area (Å²) in [5, 5.41) is 3.95. The number of ether oxygens (including phenoxy) is 1. The molecule has 1 fully saturated rings. The molecule has 7 nitrogen and oxygen atoms in total. The first-order valence-corrected chi connectivity index (χ1v) is 10.8. The van der Waals surface area contributed by atoms with Gasteiger partial charge in [-0.1, -0.05) is 24.3 Å². The van der Waals surface area contributed by atoms with E-state index in [9.17, 15) is 13.2 Å². The highest BCUT2D eigenvalue weighted by molar-refractivity contribution is 14.1. The molecule has 0 saturated carbocycles. The number of carbonyl (C=O) groups is 1. The van der Waals surface area contributed by atoms with Crippen molar-refractivity contribution in [1.82, 2.24) is 9.73 Å². The second-order valence-electron chi connectivity index (χ2n) is 5.76. The third-order valence-electron chi connectivity index (χ3n) is 3.98. The number of hydrogen-bond donors (Lipinski definition) is 1. The number of nitrogens with one attached hydrogen (secondary N) is 1. The van der Waals surface area contributed by atoms with Gasteiger partial charge in [0, 0.05) is 27.8 Å². The molecule has 1 amide bonds. The van der Waals surface area contributed by atoms with Crippen molar-refractivity contribution in [1.29, 1.82) is 0 Å². The molecule has 0 bridgehead atoms. The van der Waals surface area contributed by atoms with E-state index in [1.54, 1.807) is 18.3 Å². The maximum atomic E-state index is 12.7. The molecule has 1 saturated heterocycles. The number of carbonyl (C=O) groups excluding carboxylic acids is 1. The van der Waals surface area contributed by atoms with E-state index in [1.165, 1.54) is 16.4 Å². The maximum Gasteiger partial charge on any atom is 0.271 e. The van der Waals surface area contributed by atoms with Gasteiger partial charge in [-0.15, -0.1) is 0 Å². The third-order valence-corrected chi connectivity index (χ3v) is 6.86. The average molecular weight is 499 g/mol. The summed E-state index contributed by atoms with van der Waals surface area (Å²) in [6, 6.07) is 13.6. The summed E-state index contributed by atoms with van der Waals surface area (Å²) >= 11 is 2.18. The summed E-state index contributed by atoms with van der Waals surface area (Å²) in [4.78, 5) is 12.4. The first-order chi connectivity index (χ1) is 13.0. The molecule has 0 aromatic heterocycles. The number of nitrogens with zero attached hydrogens (tertiary/aromatic N) is 2. The first-order valence-electron chi connectivity index (χ1n) is 8.24. The highest BCUT2D eigenvalue weighted by Gasteiger charge is 2.26. The monoisotopic (exact) mass is 499 g/mol. The fraction of sp³-hybridized carbons (Fsp3) is 0.222. The van der Waals surface area contributed by atoms with Gasteiger partial charge >= 0.3 is 0 Å². The topological polar surface area (TPSA) is 88.1 Å². The summed E-state index contributed by atoms with van der Waals surface area (Å²) in [7, 11) is -3.65. The normalized spacial score (nSPS) is 15.7. The number of hydrazone groups is 1. The average Bonchev–Trinajstić information content (AvgIpc) is 2.70. The van der Waals surface area contributed by atoms with Gasteiger partial charge in [0.05, 0.1) is 24.3 Å². The summed E-state index contributed by atoms with van der Waals surface area (Å²) < 4.78 is 33.0. The summed E-state index contributed by atoms with van der Waals surface area (Å²) in [5.41, 5.74) is 3.53. The van der Waals surface area contributed by atoms with E-state index in [1.807, 2.05) is 24.3 Å². The van der Waals surface area contributed by atoms with Gasteiger partial charge in [-0.05, 0) is 46.9 Å². The molecule has 2 aromatic carbocycles. The van der Waals surface area contributed by atoms with Gasteiger partial charge in [0.25, 0.3) is 5.91 Å². The second kappa shape index (κ2) is 8.91. The molecule has 0 spiro atoms. The fourth-order valence-corrected chi connectivity index (χ4v) is 4.52. The number of hydrogen-bond acceptors (Lipinski definition) is 5. The molecular weight excluding hydrogens is 481 g/mol. The van der Waals surface area contributed by atoms with Crippen molar-refractivity contribution < 1.29 is 17.9 Å². The molecule has 0 aliphatic carbocycles. The van der Waals surface area contributed by atoms with Crippen molar-refractivity contribution in [2.75, 3.05) is 26.3 Å². The van der Waals surface area contributed by atoms with Crippen LogP contribution in [-0.4, -0.2) is 51.1 Å². The minimum absolute atomic E-state index is 0.0821. The van der Waals surface area contributed by atoms with Crippen LogP contribution in [0.1, 0.15) is 15.9 Å². The zero-order valence-electron chi connectivity index (χ0n) is 14.3. The molecular formula is C18H18IN3O4S. The molecule has 1 heterocycles. The molecule has 142 valence electrons. The SMILES string of the molecule is O=C(N/N=C\c1ccccc1I)c1cccc(S(=O)(=O)N2CCOCC2)c1. The zero-order valence-corrected chi connectivity index (χ0v) is 17.3. The Morgan fingerprint density at radius 1 is 1.15 bits per heavy atom. The quantitative estimate of drug-likeness (QED) is 0.388. The Labute approximate surface area is 171 Å². The number of benzene rings is 2. The second-order valence-corrected chi connectivity index (χ2v) is 8.87. The minimum Gasteiger partial charge on any atom is -0.379 e. The summed E-state index contributed by atoms with van der Waals surface area (Å²) in [5.74, 6) is -0.476. The van der Waals surface area contributed by atoms with Crippen molar-refractivity contribution in [3.8, 4) is 0 Å². The van der Waals surface area contributed by atoms with Gasteiger partial charge in [-0.3, -0.25) is 4.79 Å². The van der Waals surface area contributed by atoms with E-state index in [2.05, 4.69) is 33.1 Å². The van der Waals surface area contributed by atoms with Crippen LogP contribution in [-0.2, 0) is 14.8 Å². The van der Waals surface area contributed by atoms with E-state index in [4.69, 9.17) is 4.74 Å². The van der Waals surface area contributed by atoms with Crippen LogP contribution in [0.4, 0.5) is 0 Å². The third kappa shape index (κ3) is 4.92. The Morgan fingerprint density at radius 2 is 1.89 bits per heavy atom. The number of morpholine rings is 1. The zero-order chi connectivity index (χ0) is 19.3. The van der Waals surface area contributed by atoms with Crippen LogP contribution in [0.5, 0.6) is 0 Å². The Kier molecular flexibility index (Phi) is 6.58. The van der Waals surface area contributed by atoms with E-state index >= 15 is 0 Å². The number of halogens is 1. The fourth-order valence-electron chi connectivity index (χ4n) is 2.54. The van der Waals surface area contributed by atoms with Crippen LogP contribution in [0.15, 0.2) is 58.5 Å². The van der Waals surface area contributed by atoms with Crippen molar-refractivity contribution in [3.05, 3.63) is 63.2 Å². The molecule has 9 heteroatoms. The Morgan fingerprint density at radius 3 is 2.63 bits per heavy atom. The minimum atomic E-state index is -3.65. The summed E-state index contributed by atoms with van der Waals surface area (Å²) in [6.45, 7) is 1.34. The van der Waals surface area contributed by atoms with Crippen LogP contribution >= 0.6 is 22.6 Å². The predicted molar refractivity (Wildman–Crippen MR) is 110 cm³/mol. The van der Waals surface area contributed by atoms with Crippen LogP contribution in [0.25, 0.3) is 0 Å². The molecule has 0 atom stereocenters. The number of rotatable bonds is 5. The maximum absolute atomic E-state index is 12.7. The van der Waals surface area contributed by atoms with E-state index < -0.39 is 15.9 Å². The van der Waals surface area contributed by atoms with Gasteiger partial charge in [0.15, 0.2) is 0 Å². The van der Waals surface area contributed by atoms with Crippen LogP contribution < -0.4 is 5.43 Å². The molecule has 0 unspecified atom stereocenters. The van der Waals surface area contributed by atoms with Gasteiger partial charge < -0.3 is 4.74 Å². The van der Waals surface area contributed by atoms with Gasteiger partial charge in [-0.25, -0.2) is 13.8 Å². The smallest absolute Gasteiger partial charge is 0.271 e. The van der Waals surface area contributed by atoms with E-state index in [0.717, 1.165) is 9.13 Å².